The maximum absolute atomic E-state index is 13.1. The molecular weight excluding hydrogens is 406 g/mol. The van der Waals surface area contributed by atoms with Crippen molar-refractivity contribution in [3.63, 3.8) is 0 Å². The Morgan fingerprint density at radius 2 is 1.72 bits per heavy atom. The first-order chi connectivity index (χ1) is 15.4. The lowest BCUT2D eigenvalue weighted by Crippen LogP contribution is -2.55. The molecule has 3 fully saturated rings. The van der Waals surface area contributed by atoms with E-state index < -0.39 is 6.04 Å². The Bertz CT molecular complexity index is 1040. The van der Waals surface area contributed by atoms with Gasteiger partial charge in [-0.1, -0.05) is 30.3 Å². The van der Waals surface area contributed by atoms with E-state index in [-0.39, 0.29) is 36.5 Å². The van der Waals surface area contributed by atoms with Crippen LogP contribution in [0.1, 0.15) is 17.9 Å². The molecule has 0 radical (unpaired) electrons. The minimum Gasteiger partial charge on any atom is -0.378 e. The number of urea groups is 2. The summed E-state index contributed by atoms with van der Waals surface area (Å²) in [7, 11) is 3.92. The van der Waals surface area contributed by atoms with Crippen molar-refractivity contribution in [2.24, 2.45) is 0 Å². The summed E-state index contributed by atoms with van der Waals surface area (Å²) in [6, 6.07) is 16.4. The molecule has 2 heterocycles. The van der Waals surface area contributed by atoms with Gasteiger partial charge >= 0.3 is 12.1 Å². The first kappa shape index (κ1) is 20.4. The number of carbonyl (C=O) groups is 3. The van der Waals surface area contributed by atoms with Gasteiger partial charge in [0.05, 0.1) is 6.54 Å². The summed E-state index contributed by atoms with van der Waals surface area (Å²) in [5.74, 6) is 0.0151. The number of rotatable bonds is 4. The smallest absolute Gasteiger partial charge is 0.327 e. The molecule has 0 aromatic heterocycles. The Morgan fingerprint density at radius 1 is 1.00 bits per heavy atom. The summed E-state index contributed by atoms with van der Waals surface area (Å²) in [5, 5.41) is 2.90. The van der Waals surface area contributed by atoms with Crippen molar-refractivity contribution in [2.75, 3.05) is 43.9 Å². The van der Waals surface area contributed by atoms with Crippen LogP contribution < -0.4 is 10.2 Å². The molecule has 2 saturated heterocycles. The number of piperazine rings is 1. The van der Waals surface area contributed by atoms with Gasteiger partial charge in [0, 0.05) is 50.5 Å². The lowest BCUT2D eigenvalue weighted by atomic mass is 10.1. The lowest BCUT2D eigenvalue weighted by molar-refractivity contribution is -0.129. The molecule has 1 N–H and O–H groups in total. The third-order valence-electron chi connectivity index (χ3n) is 6.59. The number of hydrogen-bond acceptors (Lipinski definition) is 4. The number of benzene rings is 2. The summed E-state index contributed by atoms with van der Waals surface area (Å²) in [4.78, 5) is 45.6. The van der Waals surface area contributed by atoms with Crippen LogP contribution in [0.5, 0.6) is 0 Å². The number of nitrogens with one attached hydrogen (secondary N) is 1. The molecule has 1 unspecified atom stereocenters. The van der Waals surface area contributed by atoms with Gasteiger partial charge in [0.15, 0.2) is 0 Å². The molecule has 166 valence electrons. The quantitative estimate of drug-likeness (QED) is 0.753. The summed E-state index contributed by atoms with van der Waals surface area (Å²) in [6.45, 7) is 0.977. The van der Waals surface area contributed by atoms with Crippen LogP contribution in [0.15, 0.2) is 54.6 Å². The van der Waals surface area contributed by atoms with E-state index >= 15 is 0 Å². The molecule has 0 bridgehead atoms. The van der Waals surface area contributed by atoms with Crippen molar-refractivity contribution in [3.05, 3.63) is 60.2 Å². The van der Waals surface area contributed by atoms with Crippen molar-refractivity contribution in [1.82, 2.24) is 14.7 Å². The summed E-state index contributed by atoms with van der Waals surface area (Å²) < 4.78 is 0. The van der Waals surface area contributed by atoms with Crippen molar-refractivity contribution in [1.29, 1.82) is 0 Å². The average molecular weight is 434 g/mol. The first-order valence-electron chi connectivity index (χ1n) is 11.0. The number of hydrogen-bond donors (Lipinski definition) is 1. The summed E-state index contributed by atoms with van der Waals surface area (Å²) in [5.41, 5.74) is 2.90. The van der Waals surface area contributed by atoms with Crippen LogP contribution in [0, 0.1) is 0 Å². The number of anilines is 2. The Morgan fingerprint density at radius 3 is 2.41 bits per heavy atom. The fourth-order valence-corrected chi connectivity index (χ4v) is 4.68. The van der Waals surface area contributed by atoms with Crippen LogP contribution >= 0.6 is 0 Å². The van der Waals surface area contributed by atoms with Crippen LogP contribution in [-0.2, 0) is 4.79 Å². The second kappa shape index (κ2) is 7.85. The van der Waals surface area contributed by atoms with Crippen molar-refractivity contribution in [3.8, 4) is 0 Å². The van der Waals surface area contributed by atoms with Crippen molar-refractivity contribution >= 4 is 29.3 Å². The summed E-state index contributed by atoms with van der Waals surface area (Å²) in [6.07, 6.45) is 0.801. The molecule has 1 saturated carbocycles. The zero-order valence-electron chi connectivity index (χ0n) is 18.3. The van der Waals surface area contributed by atoms with Gasteiger partial charge in [0.25, 0.3) is 5.91 Å². The number of carbonyl (C=O) groups excluding carboxylic acids is 3. The van der Waals surface area contributed by atoms with E-state index in [1.165, 1.54) is 4.90 Å². The molecule has 8 heteroatoms. The van der Waals surface area contributed by atoms with Gasteiger partial charge in [-0.05, 0) is 36.2 Å². The van der Waals surface area contributed by atoms with E-state index in [0.29, 0.717) is 18.8 Å². The van der Waals surface area contributed by atoms with Gasteiger partial charge in [0.2, 0.25) is 0 Å². The predicted octanol–water partition coefficient (Wildman–Crippen LogP) is 2.79. The Balaban J connectivity index is 1.23. The predicted molar refractivity (Wildman–Crippen MR) is 122 cm³/mol. The van der Waals surface area contributed by atoms with Gasteiger partial charge in [-0.15, -0.1) is 0 Å². The molecule has 5 amide bonds. The third kappa shape index (κ3) is 3.55. The van der Waals surface area contributed by atoms with Gasteiger partial charge < -0.3 is 20.0 Å². The molecule has 1 aliphatic carbocycles. The highest BCUT2D eigenvalue weighted by Crippen LogP contribution is 2.46. The largest absolute Gasteiger partial charge is 0.378 e. The molecular formula is C24H27N5O3. The molecule has 3 aliphatic rings. The topological polar surface area (TPSA) is 76.2 Å². The standard InChI is InChI=1S/C24H27N5O3/c1-26(2)18-10-8-17(9-11-18)25-23(31)27-12-13-28-21(15-27)22(30)29(24(28)32)20-14-19(20)16-6-4-3-5-7-16/h3-11,19-21H,12-15H2,1-2H3,(H,25,31)/t19-,20+,21?/m0/s1. The number of amides is 5. The van der Waals surface area contributed by atoms with E-state index in [1.807, 2.05) is 73.6 Å². The van der Waals surface area contributed by atoms with Crippen LogP contribution in [-0.4, -0.2) is 78.5 Å². The molecule has 2 aromatic carbocycles. The minimum atomic E-state index is -0.602. The molecule has 8 nitrogen and oxygen atoms in total. The van der Waals surface area contributed by atoms with Gasteiger partial charge in [-0.2, -0.15) is 0 Å². The SMILES string of the molecule is CN(C)c1ccc(NC(=O)N2CCN3C(=O)N([C@@H]4C[C@H]4c4ccccc4)C(=O)C3C2)cc1. The van der Waals surface area contributed by atoms with E-state index in [2.05, 4.69) is 5.32 Å². The van der Waals surface area contributed by atoms with Crippen LogP contribution in [0.2, 0.25) is 0 Å². The molecule has 2 aliphatic heterocycles. The van der Waals surface area contributed by atoms with Gasteiger partial charge in [0.1, 0.15) is 6.04 Å². The van der Waals surface area contributed by atoms with Gasteiger partial charge in [-0.3, -0.25) is 9.69 Å². The monoisotopic (exact) mass is 433 g/mol. The fraction of sp³-hybridized carbons (Fsp3) is 0.375. The molecule has 32 heavy (non-hydrogen) atoms. The van der Waals surface area contributed by atoms with E-state index in [4.69, 9.17) is 0 Å². The fourth-order valence-electron chi connectivity index (χ4n) is 4.68. The zero-order chi connectivity index (χ0) is 22.4. The van der Waals surface area contributed by atoms with Crippen LogP contribution in [0.4, 0.5) is 21.0 Å². The highest BCUT2D eigenvalue weighted by molar-refractivity contribution is 6.05. The van der Waals surface area contributed by atoms with E-state index in [9.17, 15) is 14.4 Å². The molecule has 5 rings (SSSR count). The molecule has 2 aromatic rings. The Labute approximate surface area is 187 Å². The number of nitrogens with zero attached hydrogens (tertiary/aromatic N) is 4. The van der Waals surface area contributed by atoms with E-state index in [0.717, 1.165) is 17.7 Å². The molecule has 3 atom stereocenters. The van der Waals surface area contributed by atoms with E-state index in [1.54, 1.807) is 9.80 Å². The number of imide groups is 1. The maximum Gasteiger partial charge on any atom is 0.327 e. The molecule has 0 spiro atoms. The average Bonchev–Trinajstić information content (AvgIpc) is 3.55. The lowest BCUT2D eigenvalue weighted by Gasteiger charge is -2.35. The normalized spacial score (nSPS) is 24.4. The second-order valence-electron chi connectivity index (χ2n) is 8.84. The van der Waals surface area contributed by atoms with Crippen molar-refractivity contribution < 1.29 is 14.4 Å². The van der Waals surface area contributed by atoms with Crippen LogP contribution in [0.25, 0.3) is 0 Å². The highest BCUT2D eigenvalue weighted by atomic mass is 16.2. The summed E-state index contributed by atoms with van der Waals surface area (Å²) >= 11 is 0. The Kier molecular flexibility index (Phi) is 5.00. The van der Waals surface area contributed by atoms with Gasteiger partial charge in [-0.25, -0.2) is 9.59 Å². The Hall–Kier alpha value is -3.55. The second-order valence-corrected chi connectivity index (χ2v) is 8.84. The van der Waals surface area contributed by atoms with Crippen molar-refractivity contribution in [2.45, 2.75) is 24.4 Å². The number of fused-ring (bicyclic) bond motifs is 1. The van der Waals surface area contributed by atoms with Crippen LogP contribution in [0.3, 0.4) is 0 Å². The third-order valence-corrected chi connectivity index (χ3v) is 6.59. The minimum absolute atomic E-state index is 0.0829. The maximum atomic E-state index is 13.1. The zero-order valence-corrected chi connectivity index (χ0v) is 18.3. The first-order valence-corrected chi connectivity index (χ1v) is 11.0. The highest BCUT2D eigenvalue weighted by Gasteiger charge is 2.56.